The molecule has 28 heavy (non-hydrogen) atoms. The van der Waals surface area contributed by atoms with Gasteiger partial charge in [-0.25, -0.2) is 5.43 Å². The maximum atomic E-state index is 12.1. The lowest BCUT2D eigenvalue weighted by Crippen LogP contribution is -3.28. The van der Waals surface area contributed by atoms with Crippen molar-refractivity contribution in [2.75, 3.05) is 32.7 Å². The van der Waals surface area contributed by atoms with E-state index in [1.165, 1.54) is 21.6 Å². The molecule has 2 aromatic rings. The van der Waals surface area contributed by atoms with Crippen molar-refractivity contribution in [3.05, 3.63) is 63.1 Å². The highest BCUT2D eigenvalue weighted by Crippen LogP contribution is 2.19. The number of halogens is 2. The minimum atomic E-state index is -0.129. The number of hydrogen-bond acceptors (Lipinski definition) is 3. The zero-order valence-corrected chi connectivity index (χ0v) is 17.8. The van der Waals surface area contributed by atoms with Crippen molar-refractivity contribution in [2.24, 2.45) is 5.10 Å². The summed E-state index contributed by atoms with van der Waals surface area (Å²) in [5.41, 5.74) is 4.25. The van der Waals surface area contributed by atoms with Crippen LogP contribution in [0.5, 0.6) is 5.75 Å². The molecule has 1 aliphatic rings. The van der Waals surface area contributed by atoms with Crippen molar-refractivity contribution in [2.45, 2.75) is 6.54 Å². The standard InChI is InChI=1S/C20H22BrClN4O2/c21-17-5-6-19(27)16(11-17)12-23-24-20(28)14-26-9-7-25(8-10-26)13-15-3-1-2-4-18(15)22/h1-6,11-12,27H,7-10,13-14H2,(H,24,28)/p+2. The number of carbonyl (C=O) groups is 1. The number of quaternary nitrogens is 2. The molecule has 0 aromatic heterocycles. The predicted molar refractivity (Wildman–Crippen MR) is 113 cm³/mol. The first-order valence-electron chi connectivity index (χ1n) is 9.22. The SMILES string of the molecule is O=C(C[NH+]1CC[NH+](Cc2ccccc2Cl)CC1)NN=Cc1cc(Br)ccc1O. The van der Waals surface area contributed by atoms with Crippen molar-refractivity contribution in [3.63, 3.8) is 0 Å². The Morgan fingerprint density at radius 1 is 1.18 bits per heavy atom. The van der Waals surface area contributed by atoms with E-state index in [4.69, 9.17) is 11.6 Å². The summed E-state index contributed by atoms with van der Waals surface area (Å²) in [6.45, 7) is 5.18. The van der Waals surface area contributed by atoms with Gasteiger partial charge in [0.1, 0.15) is 38.5 Å². The smallest absolute Gasteiger partial charge is 0.295 e. The minimum absolute atomic E-state index is 0.115. The predicted octanol–water partition coefficient (Wildman–Crippen LogP) is 0.242. The highest BCUT2D eigenvalue weighted by molar-refractivity contribution is 9.10. The van der Waals surface area contributed by atoms with Crippen LogP contribution in [0.1, 0.15) is 11.1 Å². The molecule has 1 heterocycles. The lowest BCUT2D eigenvalue weighted by Gasteiger charge is -2.29. The molecule has 0 radical (unpaired) electrons. The van der Waals surface area contributed by atoms with E-state index in [2.05, 4.69) is 32.5 Å². The quantitative estimate of drug-likeness (QED) is 0.363. The van der Waals surface area contributed by atoms with E-state index < -0.39 is 0 Å². The van der Waals surface area contributed by atoms with Gasteiger partial charge >= 0.3 is 0 Å². The Morgan fingerprint density at radius 3 is 2.64 bits per heavy atom. The van der Waals surface area contributed by atoms with Crippen molar-refractivity contribution < 1.29 is 19.7 Å². The average molecular weight is 468 g/mol. The van der Waals surface area contributed by atoms with Gasteiger partial charge in [0.25, 0.3) is 5.91 Å². The van der Waals surface area contributed by atoms with Gasteiger partial charge in [-0.3, -0.25) is 4.79 Å². The van der Waals surface area contributed by atoms with Crippen molar-refractivity contribution in [3.8, 4) is 5.75 Å². The molecule has 0 atom stereocenters. The zero-order valence-electron chi connectivity index (χ0n) is 15.4. The largest absolute Gasteiger partial charge is 0.507 e. The van der Waals surface area contributed by atoms with E-state index in [-0.39, 0.29) is 11.7 Å². The molecule has 0 bridgehead atoms. The van der Waals surface area contributed by atoms with Crippen LogP contribution in [0.25, 0.3) is 0 Å². The van der Waals surface area contributed by atoms with Crippen LogP contribution in [0, 0.1) is 0 Å². The van der Waals surface area contributed by atoms with E-state index in [1.54, 1.807) is 18.2 Å². The first kappa shape index (κ1) is 20.8. The molecule has 1 saturated heterocycles. The Morgan fingerprint density at radius 2 is 1.89 bits per heavy atom. The van der Waals surface area contributed by atoms with Crippen LogP contribution >= 0.6 is 27.5 Å². The molecule has 1 aliphatic heterocycles. The summed E-state index contributed by atoms with van der Waals surface area (Å²) in [7, 11) is 0. The second kappa shape index (κ2) is 10.0. The van der Waals surface area contributed by atoms with Crippen LogP contribution in [0.4, 0.5) is 0 Å². The van der Waals surface area contributed by atoms with Gasteiger partial charge in [0.05, 0.1) is 6.21 Å². The molecule has 3 rings (SSSR count). The Hall–Kier alpha value is -1.93. The molecular weight excluding hydrogens is 444 g/mol. The van der Waals surface area contributed by atoms with Gasteiger partial charge in [-0.05, 0) is 24.3 Å². The molecule has 1 amide bonds. The molecule has 2 aromatic carbocycles. The third kappa shape index (κ3) is 6.04. The van der Waals surface area contributed by atoms with E-state index in [1.807, 2.05) is 18.2 Å². The van der Waals surface area contributed by atoms with Gasteiger partial charge in [-0.15, -0.1) is 0 Å². The average Bonchev–Trinajstić information content (AvgIpc) is 2.68. The number of carbonyl (C=O) groups excluding carboxylic acids is 1. The summed E-state index contributed by atoms with van der Waals surface area (Å²) in [5, 5.41) is 14.5. The number of hydrazone groups is 1. The number of amides is 1. The number of phenols is 1. The fourth-order valence-electron chi connectivity index (χ4n) is 3.29. The highest BCUT2D eigenvalue weighted by Gasteiger charge is 2.25. The zero-order chi connectivity index (χ0) is 19.9. The maximum Gasteiger partial charge on any atom is 0.295 e. The summed E-state index contributed by atoms with van der Waals surface area (Å²) in [4.78, 5) is 14.9. The topological polar surface area (TPSA) is 70.6 Å². The fraction of sp³-hybridized carbons (Fsp3) is 0.300. The number of benzene rings is 2. The monoisotopic (exact) mass is 466 g/mol. The van der Waals surface area contributed by atoms with Crippen molar-refractivity contribution in [1.82, 2.24) is 5.43 Å². The summed E-state index contributed by atoms with van der Waals surface area (Å²) in [6.07, 6.45) is 1.44. The first-order chi connectivity index (χ1) is 13.5. The van der Waals surface area contributed by atoms with Crippen LogP contribution in [-0.2, 0) is 11.3 Å². The summed E-state index contributed by atoms with van der Waals surface area (Å²) < 4.78 is 0.833. The summed E-state index contributed by atoms with van der Waals surface area (Å²) in [6, 6.07) is 13.0. The maximum absolute atomic E-state index is 12.1. The molecular formula is C20H24BrClN4O2+2. The first-order valence-corrected chi connectivity index (χ1v) is 10.4. The van der Waals surface area contributed by atoms with Crippen molar-refractivity contribution in [1.29, 1.82) is 0 Å². The van der Waals surface area contributed by atoms with Crippen LogP contribution in [-0.4, -0.2) is 50.0 Å². The van der Waals surface area contributed by atoms with Crippen LogP contribution in [0.3, 0.4) is 0 Å². The second-order valence-corrected chi connectivity index (χ2v) is 8.26. The lowest BCUT2D eigenvalue weighted by atomic mass is 10.2. The van der Waals surface area contributed by atoms with Gasteiger partial charge in [-0.1, -0.05) is 45.7 Å². The van der Waals surface area contributed by atoms with Gasteiger partial charge < -0.3 is 14.9 Å². The number of nitrogens with zero attached hydrogens (tertiary/aromatic N) is 1. The van der Waals surface area contributed by atoms with Gasteiger partial charge in [0, 0.05) is 20.6 Å². The van der Waals surface area contributed by atoms with Crippen LogP contribution in [0.2, 0.25) is 5.02 Å². The third-order valence-corrected chi connectivity index (χ3v) is 5.72. The molecule has 148 valence electrons. The molecule has 0 aliphatic carbocycles. The van der Waals surface area contributed by atoms with E-state index in [0.29, 0.717) is 12.1 Å². The number of phenolic OH excluding ortho intramolecular Hbond substituents is 1. The number of hydrogen-bond donors (Lipinski definition) is 4. The Balaban J connectivity index is 1.42. The molecule has 1 fully saturated rings. The van der Waals surface area contributed by atoms with Gasteiger partial charge in [0.15, 0.2) is 6.54 Å². The summed E-state index contributed by atoms with van der Waals surface area (Å²) in [5.74, 6) is -0.0141. The number of nitrogens with one attached hydrogen (secondary N) is 3. The molecule has 8 heteroatoms. The number of piperazine rings is 1. The minimum Gasteiger partial charge on any atom is -0.507 e. The Labute approximate surface area is 177 Å². The third-order valence-electron chi connectivity index (χ3n) is 4.86. The molecule has 0 spiro atoms. The highest BCUT2D eigenvalue weighted by atomic mass is 79.9. The van der Waals surface area contributed by atoms with E-state index in [9.17, 15) is 9.90 Å². The fourth-order valence-corrected chi connectivity index (χ4v) is 3.87. The van der Waals surface area contributed by atoms with Crippen LogP contribution in [0.15, 0.2) is 52.0 Å². The van der Waals surface area contributed by atoms with E-state index in [0.717, 1.165) is 42.2 Å². The Bertz CT molecular complexity index is 854. The number of aromatic hydroxyl groups is 1. The molecule has 0 unspecified atom stereocenters. The number of rotatable bonds is 6. The normalized spacial score (nSPS) is 19.6. The van der Waals surface area contributed by atoms with E-state index >= 15 is 0 Å². The Kier molecular flexibility index (Phi) is 7.44. The van der Waals surface area contributed by atoms with Gasteiger partial charge in [0.2, 0.25) is 0 Å². The second-order valence-electron chi connectivity index (χ2n) is 6.94. The van der Waals surface area contributed by atoms with Crippen molar-refractivity contribution >= 4 is 39.7 Å². The molecule has 4 N–H and O–H groups in total. The molecule has 6 nitrogen and oxygen atoms in total. The molecule has 0 saturated carbocycles. The van der Waals surface area contributed by atoms with Gasteiger partial charge in [-0.2, -0.15) is 5.10 Å². The van der Waals surface area contributed by atoms with Crippen LogP contribution < -0.4 is 15.2 Å². The summed E-state index contributed by atoms with van der Waals surface area (Å²) >= 11 is 9.59. The lowest BCUT2D eigenvalue weighted by molar-refractivity contribution is -1.02.